The summed E-state index contributed by atoms with van der Waals surface area (Å²) >= 11 is 5.17. The van der Waals surface area contributed by atoms with Crippen LogP contribution in [-0.2, 0) is 5.75 Å². The minimum atomic E-state index is 0.615. The maximum absolute atomic E-state index is 4.61. The molecule has 20 heavy (non-hydrogen) atoms. The summed E-state index contributed by atoms with van der Waals surface area (Å²) in [5.74, 6) is 0.810. The van der Waals surface area contributed by atoms with Gasteiger partial charge in [-0.25, -0.2) is 4.98 Å². The highest BCUT2D eigenvalue weighted by atomic mass is 79.9. The predicted molar refractivity (Wildman–Crippen MR) is 80.7 cm³/mol. The van der Waals surface area contributed by atoms with Gasteiger partial charge in [-0.05, 0) is 40.9 Å². The third kappa shape index (κ3) is 2.35. The fourth-order valence-corrected chi connectivity index (χ4v) is 3.38. The summed E-state index contributed by atoms with van der Waals surface area (Å²) in [6.07, 6.45) is 8.40. The van der Waals surface area contributed by atoms with E-state index in [1.165, 1.54) is 12.8 Å². The molecular formula is C13H12BrN5S. The minimum absolute atomic E-state index is 0.615. The zero-order chi connectivity index (χ0) is 13.5. The van der Waals surface area contributed by atoms with Crippen LogP contribution < -0.4 is 0 Å². The van der Waals surface area contributed by atoms with E-state index >= 15 is 0 Å². The molecule has 0 amide bonds. The van der Waals surface area contributed by atoms with Crippen LogP contribution in [0.25, 0.3) is 5.65 Å². The molecule has 0 N–H and O–H groups in total. The molecule has 0 aliphatic heterocycles. The van der Waals surface area contributed by atoms with Crippen molar-refractivity contribution in [1.82, 2.24) is 24.1 Å². The fraction of sp³-hybridized carbons (Fsp3) is 0.308. The summed E-state index contributed by atoms with van der Waals surface area (Å²) in [5, 5.41) is 9.20. The lowest BCUT2D eigenvalue weighted by atomic mass is 10.5. The van der Waals surface area contributed by atoms with E-state index in [1.54, 1.807) is 11.8 Å². The molecule has 4 rings (SSSR count). The van der Waals surface area contributed by atoms with Crippen LogP contribution in [0.1, 0.15) is 24.6 Å². The Labute approximate surface area is 128 Å². The van der Waals surface area contributed by atoms with Crippen LogP contribution in [0.5, 0.6) is 0 Å². The van der Waals surface area contributed by atoms with Crippen LogP contribution in [0.3, 0.4) is 0 Å². The lowest BCUT2D eigenvalue weighted by molar-refractivity contribution is 0.663. The number of hydrogen-bond acceptors (Lipinski definition) is 4. The van der Waals surface area contributed by atoms with Crippen molar-refractivity contribution in [2.45, 2.75) is 29.8 Å². The average molecular weight is 350 g/mol. The molecule has 3 heterocycles. The van der Waals surface area contributed by atoms with Gasteiger partial charge in [-0.15, -0.1) is 10.2 Å². The van der Waals surface area contributed by atoms with Crippen LogP contribution in [0.4, 0.5) is 0 Å². The molecule has 7 heteroatoms. The van der Waals surface area contributed by atoms with Crippen molar-refractivity contribution >= 4 is 33.3 Å². The van der Waals surface area contributed by atoms with Gasteiger partial charge in [0.15, 0.2) is 5.16 Å². The van der Waals surface area contributed by atoms with Gasteiger partial charge in [-0.1, -0.05) is 11.8 Å². The van der Waals surface area contributed by atoms with Crippen LogP contribution in [0.2, 0.25) is 0 Å². The highest BCUT2D eigenvalue weighted by Gasteiger charge is 2.26. The number of nitrogens with zero attached hydrogens (tertiary/aromatic N) is 5. The topological polar surface area (TPSA) is 48.0 Å². The molecule has 0 radical (unpaired) electrons. The number of imidazole rings is 1. The lowest BCUT2D eigenvalue weighted by Gasteiger charge is -2.02. The standard InChI is InChI=1S/C13H12BrN5S/c14-9-1-4-12-16-10(6-18(12)5-9)7-20-13-17-15-8-19(13)11-2-3-11/h1,4-6,8,11H,2-3,7H2. The molecule has 0 unspecified atom stereocenters. The summed E-state index contributed by atoms with van der Waals surface area (Å²) in [5.41, 5.74) is 2.02. The Morgan fingerprint density at radius 1 is 1.30 bits per heavy atom. The second-order valence-electron chi connectivity index (χ2n) is 4.89. The number of thioether (sulfide) groups is 1. The van der Waals surface area contributed by atoms with Crippen molar-refractivity contribution in [2.24, 2.45) is 0 Å². The third-order valence-electron chi connectivity index (χ3n) is 3.29. The Hall–Kier alpha value is -1.34. The fourth-order valence-electron chi connectivity index (χ4n) is 2.16. The van der Waals surface area contributed by atoms with Gasteiger partial charge in [0, 0.05) is 28.7 Å². The molecule has 0 aromatic carbocycles. The summed E-state index contributed by atoms with van der Waals surface area (Å²) in [6, 6.07) is 4.62. The van der Waals surface area contributed by atoms with Gasteiger partial charge in [0.2, 0.25) is 0 Å². The van der Waals surface area contributed by atoms with E-state index in [1.807, 2.05) is 29.1 Å². The Balaban J connectivity index is 1.53. The summed E-state index contributed by atoms with van der Waals surface area (Å²) in [7, 11) is 0. The first-order chi connectivity index (χ1) is 9.79. The molecule has 0 atom stereocenters. The maximum atomic E-state index is 4.61. The van der Waals surface area contributed by atoms with E-state index in [-0.39, 0.29) is 0 Å². The molecule has 1 aliphatic carbocycles. The lowest BCUT2D eigenvalue weighted by Crippen LogP contribution is -1.94. The first kappa shape index (κ1) is 12.4. The van der Waals surface area contributed by atoms with E-state index in [9.17, 15) is 0 Å². The van der Waals surface area contributed by atoms with Crippen molar-refractivity contribution in [1.29, 1.82) is 0 Å². The summed E-state index contributed by atoms with van der Waals surface area (Å²) < 4.78 is 5.26. The van der Waals surface area contributed by atoms with Crippen LogP contribution in [-0.4, -0.2) is 24.1 Å². The highest BCUT2D eigenvalue weighted by Crippen LogP contribution is 2.37. The number of aromatic nitrogens is 5. The van der Waals surface area contributed by atoms with Crippen molar-refractivity contribution in [3.63, 3.8) is 0 Å². The normalized spacial score (nSPS) is 15.1. The van der Waals surface area contributed by atoms with Crippen molar-refractivity contribution in [2.75, 3.05) is 0 Å². The van der Waals surface area contributed by atoms with Gasteiger partial charge in [0.25, 0.3) is 0 Å². The SMILES string of the molecule is Brc1ccc2nc(CSc3nncn3C3CC3)cn2c1. The molecule has 3 aromatic heterocycles. The first-order valence-electron chi connectivity index (χ1n) is 6.45. The molecule has 1 aliphatic rings. The van der Waals surface area contributed by atoms with Crippen LogP contribution >= 0.6 is 27.7 Å². The molecular weight excluding hydrogens is 338 g/mol. The first-order valence-corrected chi connectivity index (χ1v) is 8.23. The molecule has 0 spiro atoms. The molecule has 102 valence electrons. The van der Waals surface area contributed by atoms with Crippen LogP contribution in [0.15, 0.2) is 40.5 Å². The van der Waals surface area contributed by atoms with E-state index < -0.39 is 0 Å². The Kier molecular flexibility index (Phi) is 3.03. The Morgan fingerprint density at radius 3 is 3.05 bits per heavy atom. The zero-order valence-electron chi connectivity index (χ0n) is 10.6. The van der Waals surface area contributed by atoms with Crippen molar-refractivity contribution in [3.8, 4) is 0 Å². The number of pyridine rings is 1. The van der Waals surface area contributed by atoms with Gasteiger partial charge in [-0.3, -0.25) is 0 Å². The smallest absolute Gasteiger partial charge is 0.191 e. The highest BCUT2D eigenvalue weighted by molar-refractivity contribution is 9.10. The summed E-state index contributed by atoms with van der Waals surface area (Å²) in [4.78, 5) is 4.61. The maximum Gasteiger partial charge on any atom is 0.191 e. The van der Waals surface area contributed by atoms with E-state index in [0.29, 0.717) is 6.04 Å². The monoisotopic (exact) mass is 349 g/mol. The Morgan fingerprint density at radius 2 is 2.20 bits per heavy atom. The van der Waals surface area contributed by atoms with Crippen LogP contribution in [0, 0.1) is 0 Å². The molecule has 1 saturated carbocycles. The van der Waals surface area contributed by atoms with E-state index in [0.717, 1.165) is 26.7 Å². The van der Waals surface area contributed by atoms with Crippen molar-refractivity contribution < 1.29 is 0 Å². The zero-order valence-corrected chi connectivity index (χ0v) is 13.0. The number of rotatable bonds is 4. The molecule has 5 nitrogen and oxygen atoms in total. The minimum Gasteiger partial charge on any atom is -0.306 e. The average Bonchev–Trinajstić information content (AvgIpc) is 3.03. The largest absolute Gasteiger partial charge is 0.306 e. The predicted octanol–water partition coefficient (Wildman–Crippen LogP) is 3.32. The number of hydrogen-bond donors (Lipinski definition) is 0. The molecule has 1 fully saturated rings. The van der Waals surface area contributed by atoms with Crippen molar-refractivity contribution in [3.05, 3.63) is 41.0 Å². The molecule has 0 bridgehead atoms. The van der Waals surface area contributed by atoms with E-state index in [4.69, 9.17) is 0 Å². The third-order valence-corrected chi connectivity index (χ3v) is 4.75. The number of fused-ring (bicyclic) bond motifs is 1. The van der Waals surface area contributed by atoms with Gasteiger partial charge in [0.05, 0.1) is 5.69 Å². The Bertz CT molecular complexity index is 761. The van der Waals surface area contributed by atoms with E-state index in [2.05, 4.69) is 41.9 Å². The second kappa shape index (κ2) is 4.89. The van der Waals surface area contributed by atoms with Gasteiger partial charge < -0.3 is 8.97 Å². The number of halogens is 1. The molecule has 0 saturated heterocycles. The summed E-state index contributed by atoms with van der Waals surface area (Å²) in [6.45, 7) is 0. The second-order valence-corrected chi connectivity index (χ2v) is 6.74. The van der Waals surface area contributed by atoms with Gasteiger partial charge >= 0.3 is 0 Å². The van der Waals surface area contributed by atoms with Gasteiger partial charge in [0.1, 0.15) is 12.0 Å². The molecule has 3 aromatic rings. The van der Waals surface area contributed by atoms with Gasteiger partial charge in [-0.2, -0.15) is 0 Å². The quantitative estimate of drug-likeness (QED) is 0.678.